The Balaban J connectivity index is 1.76. The van der Waals surface area contributed by atoms with Gasteiger partial charge in [0.1, 0.15) is 11.5 Å². The summed E-state index contributed by atoms with van der Waals surface area (Å²) in [6.07, 6.45) is 5.79. The molecule has 2 heterocycles. The Kier molecular flexibility index (Phi) is 6.04. The number of amides is 1. The highest BCUT2D eigenvalue weighted by Crippen LogP contribution is 2.39. The second-order valence-corrected chi connectivity index (χ2v) is 9.02. The highest BCUT2D eigenvalue weighted by Gasteiger charge is 2.36. The van der Waals surface area contributed by atoms with Crippen LogP contribution in [0.25, 0.3) is 11.1 Å². The number of anilines is 2. The second-order valence-electron chi connectivity index (χ2n) is 8.24. The topological polar surface area (TPSA) is 124 Å². The molecule has 3 atom stereocenters. The van der Waals surface area contributed by atoms with Crippen molar-refractivity contribution in [3.63, 3.8) is 0 Å². The highest BCUT2D eigenvalue weighted by atomic mass is 35.5. The molecule has 1 saturated carbocycles. The number of piperidine rings is 1. The molecule has 2 bridgehead atoms. The summed E-state index contributed by atoms with van der Waals surface area (Å²) in [6, 6.07) is 5.28. The Morgan fingerprint density at radius 2 is 1.73 bits per heavy atom. The minimum absolute atomic E-state index is 0.0386. The monoisotopic (exact) mass is 448 g/mol. The lowest BCUT2D eigenvalue weighted by Crippen LogP contribution is -2.54. The molecule has 4 rings (SSSR count). The lowest BCUT2D eigenvalue weighted by molar-refractivity contribution is 0.0996. The maximum absolute atomic E-state index is 12.3. The first-order valence-electron chi connectivity index (χ1n) is 10.3. The normalized spacial score (nSPS) is 24.2. The van der Waals surface area contributed by atoms with Crippen LogP contribution in [0.5, 0.6) is 0 Å². The van der Waals surface area contributed by atoms with Gasteiger partial charge in [0.2, 0.25) is 5.95 Å². The van der Waals surface area contributed by atoms with E-state index in [2.05, 4.69) is 14.9 Å². The van der Waals surface area contributed by atoms with E-state index >= 15 is 0 Å². The van der Waals surface area contributed by atoms with Gasteiger partial charge in [-0.1, -0.05) is 54.6 Å². The van der Waals surface area contributed by atoms with Crippen molar-refractivity contribution in [3.8, 4) is 11.1 Å². The summed E-state index contributed by atoms with van der Waals surface area (Å²) in [6.45, 7) is 1.49. The third-order valence-corrected chi connectivity index (χ3v) is 7.13. The fourth-order valence-electron chi connectivity index (χ4n) is 4.74. The molecule has 160 valence electrons. The highest BCUT2D eigenvalue weighted by molar-refractivity contribution is 6.44. The number of nitrogens with two attached hydrogens (primary N) is 3. The minimum atomic E-state index is -0.695. The lowest BCUT2D eigenvalue weighted by atomic mass is 9.77. The fourth-order valence-corrected chi connectivity index (χ4v) is 5.13. The summed E-state index contributed by atoms with van der Waals surface area (Å²) >= 11 is 12.5. The van der Waals surface area contributed by atoms with E-state index in [9.17, 15) is 4.79 Å². The molecule has 2 aromatic rings. The Labute approximate surface area is 185 Å². The first-order valence-corrected chi connectivity index (χ1v) is 11.0. The van der Waals surface area contributed by atoms with Gasteiger partial charge in [-0.25, -0.2) is 4.98 Å². The van der Waals surface area contributed by atoms with Gasteiger partial charge >= 0.3 is 0 Å². The maximum Gasteiger partial charge on any atom is 0.268 e. The van der Waals surface area contributed by atoms with E-state index in [0.29, 0.717) is 33.9 Å². The Bertz CT molecular complexity index is 953. The number of carbonyl (C=O) groups is 1. The zero-order chi connectivity index (χ0) is 21.4. The number of primary amides is 1. The van der Waals surface area contributed by atoms with Crippen molar-refractivity contribution in [2.45, 2.75) is 38.1 Å². The predicted octanol–water partition coefficient (Wildman–Crippen LogP) is 3.48. The number of fused-ring (bicyclic) bond motifs is 2. The van der Waals surface area contributed by atoms with E-state index in [1.54, 1.807) is 18.2 Å². The van der Waals surface area contributed by atoms with Crippen molar-refractivity contribution in [3.05, 3.63) is 33.9 Å². The van der Waals surface area contributed by atoms with E-state index in [1.165, 1.54) is 19.3 Å². The number of halogens is 2. The van der Waals surface area contributed by atoms with Crippen LogP contribution in [-0.4, -0.2) is 35.0 Å². The molecule has 7 nitrogen and oxygen atoms in total. The largest absolute Gasteiger partial charge is 0.383 e. The number of hydrogen-bond acceptors (Lipinski definition) is 6. The Hall–Kier alpha value is -2.09. The Morgan fingerprint density at radius 3 is 2.37 bits per heavy atom. The Morgan fingerprint density at radius 1 is 1.07 bits per heavy atom. The molecule has 1 amide bonds. The third-order valence-electron chi connectivity index (χ3n) is 6.31. The van der Waals surface area contributed by atoms with Crippen LogP contribution in [0.2, 0.25) is 10.0 Å². The molecule has 1 aromatic heterocycles. The molecule has 0 radical (unpaired) electrons. The van der Waals surface area contributed by atoms with E-state index in [-0.39, 0.29) is 22.6 Å². The van der Waals surface area contributed by atoms with Crippen molar-refractivity contribution in [1.29, 1.82) is 0 Å². The number of nitrogen functional groups attached to an aromatic ring is 1. The van der Waals surface area contributed by atoms with Gasteiger partial charge in [0.05, 0.1) is 15.6 Å². The molecule has 0 spiro atoms. The molecule has 1 saturated heterocycles. The molecule has 9 heteroatoms. The molecule has 6 N–H and O–H groups in total. The van der Waals surface area contributed by atoms with E-state index in [0.717, 1.165) is 25.9 Å². The summed E-state index contributed by atoms with van der Waals surface area (Å²) in [5.74, 6) is 0.596. The van der Waals surface area contributed by atoms with Gasteiger partial charge in [0.25, 0.3) is 5.91 Å². The van der Waals surface area contributed by atoms with E-state index in [4.69, 9.17) is 40.4 Å². The summed E-state index contributed by atoms with van der Waals surface area (Å²) in [4.78, 5) is 23.4. The molecule has 1 aliphatic carbocycles. The first kappa shape index (κ1) is 21.2. The van der Waals surface area contributed by atoms with Crippen LogP contribution in [0.15, 0.2) is 18.2 Å². The number of rotatable bonds is 3. The maximum atomic E-state index is 12.3. The summed E-state index contributed by atoms with van der Waals surface area (Å²) in [5, 5.41) is 0.620. The van der Waals surface area contributed by atoms with Crippen LogP contribution in [0.3, 0.4) is 0 Å². The quantitative estimate of drug-likeness (QED) is 0.659. The summed E-state index contributed by atoms with van der Waals surface area (Å²) < 4.78 is 0. The van der Waals surface area contributed by atoms with Crippen LogP contribution in [-0.2, 0) is 0 Å². The smallest absolute Gasteiger partial charge is 0.268 e. The van der Waals surface area contributed by atoms with Crippen LogP contribution < -0.4 is 22.1 Å². The van der Waals surface area contributed by atoms with Gasteiger partial charge in [-0.15, -0.1) is 0 Å². The first-order chi connectivity index (χ1) is 14.4. The molecular weight excluding hydrogens is 423 g/mol. The molecule has 2 fully saturated rings. The molecule has 2 aliphatic rings. The zero-order valence-electron chi connectivity index (χ0n) is 16.7. The van der Waals surface area contributed by atoms with E-state index in [1.807, 2.05) is 0 Å². The van der Waals surface area contributed by atoms with Gasteiger partial charge < -0.3 is 22.1 Å². The van der Waals surface area contributed by atoms with Gasteiger partial charge in [-0.3, -0.25) is 4.79 Å². The van der Waals surface area contributed by atoms with Crippen LogP contribution >= 0.6 is 23.2 Å². The predicted molar refractivity (Wildman–Crippen MR) is 121 cm³/mol. The van der Waals surface area contributed by atoms with Gasteiger partial charge in [-0.2, -0.15) is 4.98 Å². The zero-order valence-corrected chi connectivity index (χ0v) is 18.2. The minimum Gasteiger partial charge on any atom is -0.383 e. The molecule has 1 aromatic carbocycles. The number of nitrogens with zero attached hydrogens (tertiary/aromatic N) is 3. The van der Waals surface area contributed by atoms with Crippen LogP contribution in [0, 0.1) is 11.8 Å². The molecule has 30 heavy (non-hydrogen) atoms. The standard InChI is InChI=1S/C21H26Cl2N6O/c22-14-8-4-7-13(16(14)23)15-18(20(26)30)27-21(28-19(15)25)29-9-11-5-2-1-3-6-12(10-29)17(11)24/h4,7-8,11-12,17H,1-3,5-6,9-10,24H2,(H2,26,30)(H2,25,27,28)/t11-,12+,17?. The van der Waals surface area contributed by atoms with Gasteiger partial charge in [0.15, 0.2) is 0 Å². The van der Waals surface area contributed by atoms with Gasteiger partial charge in [0, 0.05) is 24.7 Å². The SMILES string of the molecule is NC(=O)c1nc(N2C[C@H]3CCCCC[C@@H](C2)C3N)nc(N)c1-c1cccc(Cl)c1Cl. The van der Waals surface area contributed by atoms with Gasteiger partial charge in [-0.05, 0) is 30.7 Å². The number of hydrogen-bond donors (Lipinski definition) is 3. The molecule has 1 unspecified atom stereocenters. The van der Waals surface area contributed by atoms with E-state index < -0.39 is 5.91 Å². The lowest BCUT2D eigenvalue weighted by Gasteiger charge is -2.43. The number of benzene rings is 1. The third kappa shape index (κ3) is 3.94. The second kappa shape index (κ2) is 8.57. The summed E-state index contributed by atoms with van der Waals surface area (Å²) in [7, 11) is 0. The number of aromatic nitrogens is 2. The fraction of sp³-hybridized carbons (Fsp3) is 0.476. The average Bonchev–Trinajstić information content (AvgIpc) is 2.71. The number of carbonyl (C=O) groups excluding carboxylic acids is 1. The van der Waals surface area contributed by atoms with Crippen molar-refractivity contribution in [2.75, 3.05) is 23.7 Å². The molecule has 1 aliphatic heterocycles. The summed E-state index contributed by atoms with van der Waals surface area (Å²) in [5.41, 5.74) is 19.3. The van der Waals surface area contributed by atoms with Crippen molar-refractivity contribution >= 4 is 40.9 Å². The van der Waals surface area contributed by atoms with Crippen molar-refractivity contribution < 1.29 is 4.79 Å². The van der Waals surface area contributed by atoms with Crippen molar-refractivity contribution in [1.82, 2.24) is 9.97 Å². The van der Waals surface area contributed by atoms with Crippen LogP contribution in [0.1, 0.15) is 42.6 Å². The molecular formula is C21H26Cl2N6O. The van der Waals surface area contributed by atoms with Crippen LogP contribution in [0.4, 0.5) is 11.8 Å². The van der Waals surface area contributed by atoms with Crippen molar-refractivity contribution in [2.24, 2.45) is 23.3 Å². The average molecular weight is 449 g/mol.